The van der Waals surface area contributed by atoms with Gasteiger partial charge in [-0.2, -0.15) is 0 Å². The number of hydrogen-bond acceptors (Lipinski definition) is 2. The summed E-state index contributed by atoms with van der Waals surface area (Å²) in [4.78, 5) is 0. The van der Waals surface area contributed by atoms with Crippen molar-refractivity contribution >= 4 is 11.6 Å². The molecule has 0 bridgehead atoms. The molecular weight excluding hydrogens is 234 g/mol. The van der Waals surface area contributed by atoms with Crippen molar-refractivity contribution in [2.24, 2.45) is 7.05 Å². The summed E-state index contributed by atoms with van der Waals surface area (Å²) in [5, 5.41) is 8.21. The number of nitrogens with zero attached hydrogens (tertiary/aromatic N) is 3. The second-order valence-electron chi connectivity index (χ2n) is 4.41. The van der Waals surface area contributed by atoms with Crippen LogP contribution in [0.15, 0.2) is 24.3 Å². The number of rotatable bonds is 3. The lowest BCUT2D eigenvalue weighted by molar-refractivity contribution is 0.851. The second-order valence-corrected chi connectivity index (χ2v) is 4.68. The summed E-state index contributed by atoms with van der Waals surface area (Å²) in [7, 11) is 1.93. The number of alkyl halides is 1. The van der Waals surface area contributed by atoms with Crippen molar-refractivity contribution in [1.29, 1.82) is 0 Å². The highest BCUT2D eigenvalue weighted by Crippen LogP contribution is 2.21. The molecular formula is C13H16ClN3. The molecule has 0 radical (unpaired) electrons. The lowest BCUT2D eigenvalue weighted by atomic mass is 10.0. The SMILES string of the molecule is CC(C)c1ccc(-c2nnc(CCl)n2C)cc1. The molecule has 90 valence electrons. The molecule has 0 unspecified atom stereocenters. The molecule has 4 heteroatoms. The molecule has 0 aliphatic rings. The van der Waals surface area contributed by atoms with Gasteiger partial charge in [0.25, 0.3) is 0 Å². The van der Waals surface area contributed by atoms with Gasteiger partial charge in [-0.05, 0) is 11.5 Å². The Morgan fingerprint density at radius 1 is 1.18 bits per heavy atom. The Morgan fingerprint density at radius 2 is 1.82 bits per heavy atom. The predicted octanol–water partition coefficient (Wildman–Crippen LogP) is 3.34. The van der Waals surface area contributed by atoms with Crippen molar-refractivity contribution in [1.82, 2.24) is 14.8 Å². The zero-order valence-corrected chi connectivity index (χ0v) is 11.1. The van der Waals surface area contributed by atoms with Crippen molar-refractivity contribution in [3.8, 4) is 11.4 Å². The van der Waals surface area contributed by atoms with Crippen LogP contribution in [0.5, 0.6) is 0 Å². The van der Waals surface area contributed by atoms with Crippen LogP contribution in [-0.4, -0.2) is 14.8 Å². The molecule has 17 heavy (non-hydrogen) atoms. The third-order valence-corrected chi connectivity index (χ3v) is 3.16. The zero-order chi connectivity index (χ0) is 12.4. The monoisotopic (exact) mass is 249 g/mol. The van der Waals surface area contributed by atoms with Crippen LogP contribution in [0.1, 0.15) is 31.2 Å². The molecule has 0 atom stereocenters. The lowest BCUT2D eigenvalue weighted by Gasteiger charge is -2.06. The Kier molecular flexibility index (Phi) is 3.48. The van der Waals surface area contributed by atoms with Gasteiger partial charge in [-0.1, -0.05) is 38.1 Å². The van der Waals surface area contributed by atoms with E-state index in [1.54, 1.807) is 0 Å². The minimum atomic E-state index is 0.383. The highest BCUT2D eigenvalue weighted by Gasteiger charge is 2.09. The first kappa shape index (κ1) is 12.1. The zero-order valence-electron chi connectivity index (χ0n) is 10.3. The first-order valence-electron chi connectivity index (χ1n) is 5.68. The molecule has 0 amide bonds. The summed E-state index contributed by atoms with van der Waals surface area (Å²) in [6.07, 6.45) is 0. The normalized spacial score (nSPS) is 11.1. The number of hydrogen-bond donors (Lipinski definition) is 0. The van der Waals surface area contributed by atoms with E-state index < -0.39 is 0 Å². The summed E-state index contributed by atoms with van der Waals surface area (Å²) in [6.45, 7) is 4.37. The molecule has 3 nitrogen and oxygen atoms in total. The van der Waals surface area contributed by atoms with Gasteiger partial charge in [0.05, 0.1) is 5.88 Å². The summed E-state index contributed by atoms with van der Waals surface area (Å²) >= 11 is 5.78. The van der Waals surface area contributed by atoms with E-state index in [1.807, 2.05) is 11.6 Å². The van der Waals surface area contributed by atoms with Crippen molar-refractivity contribution in [3.63, 3.8) is 0 Å². The average molecular weight is 250 g/mol. The maximum absolute atomic E-state index is 5.78. The van der Waals surface area contributed by atoms with Crippen LogP contribution in [0.4, 0.5) is 0 Å². The van der Waals surface area contributed by atoms with Gasteiger partial charge >= 0.3 is 0 Å². The predicted molar refractivity (Wildman–Crippen MR) is 70.1 cm³/mol. The van der Waals surface area contributed by atoms with Gasteiger partial charge < -0.3 is 4.57 Å². The van der Waals surface area contributed by atoms with E-state index in [4.69, 9.17) is 11.6 Å². The van der Waals surface area contributed by atoms with E-state index in [9.17, 15) is 0 Å². The van der Waals surface area contributed by atoms with Gasteiger partial charge in [0.2, 0.25) is 0 Å². The topological polar surface area (TPSA) is 30.7 Å². The van der Waals surface area contributed by atoms with Crippen molar-refractivity contribution in [3.05, 3.63) is 35.7 Å². The highest BCUT2D eigenvalue weighted by molar-refractivity contribution is 6.16. The molecule has 2 rings (SSSR count). The summed E-state index contributed by atoms with van der Waals surface area (Å²) in [6, 6.07) is 8.43. The first-order chi connectivity index (χ1) is 8.13. The average Bonchev–Trinajstić information content (AvgIpc) is 2.70. The Bertz CT molecular complexity index is 500. The Labute approximate surface area is 106 Å². The van der Waals surface area contributed by atoms with E-state index in [-0.39, 0.29) is 0 Å². The van der Waals surface area contributed by atoms with E-state index >= 15 is 0 Å². The molecule has 0 spiro atoms. The van der Waals surface area contributed by atoms with Gasteiger partial charge in [0.1, 0.15) is 5.82 Å². The molecule has 1 aromatic carbocycles. The van der Waals surface area contributed by atoms with E-state index in [0.29, 0.717) is 11.8 Å². The molecule has 0 fully saturated rings. The Morgan fingerprint density at radius 3 is 2.29 bits per heavy atom. The van der Waals surface area contributed by atoms with Crippen LogP contribution in [0.3, 0.4) is 0 Å². The van der Waals surface area contributed by atoms with Crippen LogP contribution < -0.4 is 0 Å². The molecule has 0 saturated carbocycles. The quantitative estimate of drug-likeness (QED) is 0.781. The molecule has 1 heterocycles. The molecule has 0 aliphatic carbocycles. The number of benzene rings is 1. The molecule has 1 aromatic heterocycles. The molecule has 0 saturated heterocycles. The third-order valence-electron chi connectivity index (χ3n) is 2.92. The smallest absolute Gasteiger partial charge is 0.163 e. The minimum absolute atomic E-state index is 0.383. The maximum atomic E-state index is 5.78. The highest BCUT2D eigenvalue weighted by atomic mass is 35.5. The van der Waals surface area contributed by atoms with Crippen molar-refractivity contribution < 1.29 is 0 Å². The fourth-order valence-corrected chi connectivity index (χ4v) is 1.98. The third kappa shape index (κ3) is 2.34. The van der Waals surface area contributed by atoms with Crippen molar-refractivity contribution in [2.75, 3.05) is 0 Å². The standard InChI is InChI=1S/C13H16ClN3/c1-9(2)10-4-6-11(7-5-10)13-16-15-12(8-14)17(13)3/h4-7,9H,8H2,1-3H3. The first-order valence-corrected chi connectivity index (χ1v) is 6.21. The summed E-state index contributed by atoms with van der Waals surface area (Å²) < 4.78 is 1.93. The van der Waals surface area contributed by atoms with Gasteiger partial charge in [-0.25, -0.2) is 0 Å². The van der Waals surface area contributed by atoms with Gasteiger partial charge in [0, 0.05) is 12.6 Å². The fraction of sp³-hybridized carbons (Fsp3) is 0.385. The van der Waals surface area contributed by atoms with Crippen LogP contribution >= 0.6 is 11.6 Å². The Hall–Kier alpha value is -1.35. The van der Waals surface area contributed by atoms with Crippen LogP contribution in [-0.2, 0) is 12.9 Å². The van der Waals surface area contributed by atoms with Crippen LogP contribution in [0.2, 0.25) is 0 Å². The van der Waals surface area contributed by atoms with Crippen molar-refractivity contribution in [2.45, 2.75) is 25.6 Å². The van der Waals surface area contributed by atoms with Crippen LogP contribution in [0.25, 0.3) is 11.4 Å². The summed E-state index contributed by atoms with van der Waals surface area (Å²) in [5.74, 6) is 2.57. The fourth-order valence-electron chi connectivity index (χ4n) is 1.75. The largest absolute Gasteiger partial charge is 0.313 e. The lowest BCUT2D eigenvalue weighted by Crippen LogP contribution is -1.97. The Balaban J connectivity index is 2.36. The van der Waals surface area contributed by atoms with E-state index in [0.717, 1.165) is 17.2 Å². The second kappa shape index (κ2) is 4.88. The van der Waals surface area contributed by atoms with E-state index in [1.165, 1.54) is 5.56 Å². The van der Waals surface area contributed by atoms with E-state index in [2.05, 4.69) is 48.3 Å². The maximum Gasteiger partial charge on any atom is 0.163 e. The molecule has 0 aliphatic heterocycles. The van der Waals surface area contributed by atoms with Gasteiger partial charge in [0.15, 0.2) is 5.82 Å². The molecule has 0 N–H and O–H groups in total. The van der Waals surface area contributed by atoms with Gasteiger partial charge in [-0.3, -0.25) is 0 Å². The van der Waals surface area contributed by atoms with Gasteiger partial charge in [-0.15, -0.1) is 21.8 Å². The summed E-state index contributed by atoms with van der Waals surface area (Å²) in [5.41, 5.74) is 2.40. The minimum Gasteiger partial charge on any atom is -0.313 e. The number of halogens is 1. The van der Waals surface area contributed by atoms with Crippen LogP contribution in [0, 0.1) is 0 Å². The molecule has 2 aromatic rings. The number of aromatic nitrogens is 3.